The molecule has 9 heteroatoms. The third kappa shape index (κ3) is 5.97. The molecule has 0 aliphatic carbocycles. The summed E-state index contributed by atoms with van der Waals surface area (Å²) >= 11 is 3.54. The van der Waals surface area contributed by atoms with E-state index in [1.54, 1.807) is 18.6 Å². The molecule has 8 nitrogen and oxygen atoms in total. The number of aromatic nitrogens is 3. The third-order valence-corrected chi connectivity index (χ3v) is 5.84. The molecule has 3 N–H and O–H groups in total. The standard InChI is InChI=1S/C26H28BrN5O3/c1-5-17(31-25(33)35-26(2,3)4)14-34-18-8-15(11-29-12-18)23-10-19-20-9-16(27)6-7-22(20)30-13-21(19)24(28)32-23/h6-13,17H,5,14H2,1-4H3,(H2,28,32)(H,31,33)/t17-/m1/s1. The number of amides is 1. The van der Waals surface area contributed by atoms with Crippen molar-refractivity contribution in [2.45, 2.75) is 45.8 Å². The minimum Gasteiger partial charge on any atom is -0.490 e. The van der Waals surface area contributed by atoms with Crippen molar-refractivity contribution in [2.75, 3.05) is 12.3 Å². The van der Waals surface area contributed by atoms with Gasteiger partial charge < -0.3 is 20.5 Å². The van der Waals surface area contributed by atoms with Gasteiger partial charge in [0, 0.05) is 33.2 Å². The van der Waals surface area contributed by atoms with E-state index >= 15 is 0 Å². The van der Waals surface area contributed by atoms with Crippen LogP contribution in [0, 0.1) is 0 Å². The number of pyridine rings is 3. The number of halogens is 1. The van der Waals surface area contributed by atoms with E-state index in [4.69, 9.17) is 15.2 Å². The lowest BCUT2D eigenvalue weighted by molar-refractivity contribution is 0.0486. The van der Waals surface area contributed by atoms with Crippen molar-refractivity contribution in [1.82, 2.24) is 20.3 Å². The fraction of sp³-hybridized carbons (Fsp3) is 0.308. The van der Waals surface area contributed by atoms with Gasteiger partial charge in [0.1, 0.15) is 23.8 Å². The molecule has 182 valence electrons. The smallest absolute Gasteiger partial charge is 0.407 e. The molecule has 0 fully saturated rings. The Bertz CT molecular complexity index is 1390. The molecule has 0 aliphatic rings. The van der Waals surface area contributed by atoms with E-state index in [-0.39, 0.29) is 12.6 Å². The Balaban J connectivity index is 1.57. The third-order valence-electron chi connectivity index (χ3n) is 5.34. The Morgan fingerprint density at radius 1 is 1.11 bits per heavy atom. The summed E-state index contributed by atoms with van der Waals surface area (Å²) in [5.74, 6) is 0.959. The summed E-state index contributed by atoms with van der Waals surface area (Å²) in [6, 6.07) is 9.58. The van der Waals surface area contributed by atoms with Gasteiger partial charge in [0.25, 0.3) is 0 Å². The maximum Gasteiger partial charge on any atom is 0.407 e. The summed E-state index contributed by atoms with van der Waals surface area (Å²) in [6.45, 7) is 7.73. The van der Waals surface area contributed by atoms with Crippen molar-refractivity contribution in [3.05, 3.63) is 53.4 Å². The predicted octanol–water partition coefficient (Wildman–Crippen LogP) is 5.87. The van der Waals surface area contributed by atoms with Gasteiger partial charge in [-0.15, -0.1) is 0 Å². The number of carbonyl (C=O) groups is 1. The summed E-state index contributed by atoms with van der Waals surface area (Å²) in [4.78, 5) is 25.5. The van der Waals surface area contributed by atoms with Crippen molar-refractivity contribution < 1.29 is 14.3 Å². The Kier molecular flexibility index (Phi) is 7.07. The number of rotatable bonds is 6. The molecule has 4 aromatic rings. The van der Waals surface area contributed by atoms with Crippen LogP contribution in [0.25, 0.3) is 32.9 Å². The van der Waals surface area contributed by atoms with E-state index in [1.807, 2.05) is 58.0 Å². The summed E-state index contributed by atoms with van der Waals surface area (Å²) in [6.07, 6.45) is 5.31. The van der Waals surface area contributed by atoms with Crippen molar-refractivity contribution in [3.8, 4) is 17.0 Å². The lowest BCUT2D eigenvalue weighted by atomic mass is 10.0. The minimum absolute atomic E-state index is 0.208. The number of nitrogens with one attached hydrogen (secondary N) is 1. The van der Waals surface area contributed by atoms with Crippen LogP contribution >= 0.6 is 15.9 Å². The first-order valence-electron chi connectivity index (χ1n) is 11.3. The first-order chi connectivity index (χ1) is 16.6. The molecule has 0 spiro atoms. The lowest BCUT2D eigenvalue weighted by Gasteiger charge is -2.23. The van der Waals surface area contributed by atoms with Gasteiger partial charge in [-0.25, -0.2) is 9.78 Å². The summed E-state index contributed by atoms with van der Waals surface area (Å²) < 4.78 is 12.2. The number of nitrogen functional groups attached to an aromatic ring is 1. The van der Waals surface area contributed by atoms with Gasteiger partial charge in [-0.2, -0.15) is 0 Å². The number of fused-ring (bicyclic) bond motifs is 3. The highest BCUT2D eigenvalue weighted by molar-refractivity contribution is 9.10. The minimum atomic E-state index is -0.562. The van der Waals surface area contributed by atoms with E-state index in [1.165, 1.54) is 0 Å². The Morgan fingerprint density at radius 3 is 2.66 bits per heavy atom. The maximum atomic E-state index is 12.1. The van der Waals surface area contributed by atoms with E-state index in [0.717, 1.165) is 31.7 Å². The fourth-order valence-corrected chi connectivity index (χ4v) is 3.98. The fourth-order valence-electron chi connectivity index (χ4n) is 3.62. The Hall–Kier alpha value is -3.46. The van der Waals surface area contributed by atoms with E-state index in [0.29, 0.717) is 23.7 Å². The van der Waals surface area contributed by atoms with Crippen LogP contribution in [0.4, 0.5) is 10.6 Å². The molecular weight excluding hydrogens is 510 g/mol. The van der Waals surface area contributed by atoms with Gasteiger partial charge in [-0.1, -0.05) is 22.9 Å². The zero-order chi connectivity index (χ0) is 25.2. The summed E-state index contributed by atoms with van der Waals surface area (Å²) in [5.41, 5.74) is 8.06. The predicted molar refractivity (Wildman–Crippen MR) is 141 cm³/mol. The number of anilines is 1. The number of alkyl carbamates (subject to hydrolysis) is 1. The van der Waals surface area contributed by atoms with E-state index < -0.39 is 11.7 Å². The SMILES string of the molecule is CC[C@H](COc1cncc(-c2cc3c(cnc4ccc(Br)cc43)c(N)n2)c1)NC(=O)OC(C)(C)C. The monoisotopic (exact) mass is 537 g/mol. The van der Waals surface area contributed by atoms with Gasteiger partial charge in [0.2, 0.25) is 0 Å². The number of ether oxygens (including phenoxy) is 2. The van der Waals surface area contributed by atoms with Gasteiger partial charge in [0.15, 0.2) is 0 Å². The molecule has 3 aromatic heterocycles. The topological polar surface area (TPSA) is 112 Å². The molecule has 4 rings (SSSR count). The zero-order valence-electron chi connectivity index (χ0n) is 20.1. The quantitative estimate of drug-likeness (QED) is 0.295. The van der Waals surface area contributed by atoms with Crippen LogP contribution in [0.5, 0.6) is 5.75 Å². The zero-order valence-corrected chi connectivity index (χ0v) is 21.7. The highest BCUT2D eigenvalue weighted by atomic mass is 79.9. The second-order valence-corrected chi connectivity index (χ2v) is 10.2. The largest absolute Gasteiger partial charge is 0.490 e. The van der Waals surface area contributed by atoms with Crippen LogP contribution in [0.2, 0.25) is 0 Å². The highest BCUT2D eigenvalue weighted by Crippen LogP contribution is 2.32. The number of hydrogen-bond acceptors (Lipinski definition) is 7. The van der Waals surface area contributed by atoms with Crippen molar-refractivity contribution in [2.24, 2.45) is 0 Å². The summed E-state index contributed by atoms with van der Waals surface area (Å²) in [5, 5.41) is 5.57. The van der Waals surface area contributed by atoms with Crippen molar-refractivity contribution in [1.29, 1.82) is 0 Å². The molecule has 0 unspecified atom stereocenters. The maximum absolute atomic E-state index is 12.1. The number of benzene rings is 1. The molecule has 3 heterocycles. The second kappa shape index (κ2) is 10.0. The Morgan fingerprint density at radius 2 is 1.91 bits per heavy atom. The molecule has 0 saturated heterocycles. The number of nitrogens with two attached hydrogens (primary N) is 1. The van der Waals surface area contributed by atoms with Crippen LogP contribution in [-0.4, -0.2) is 39.3 Å². The average Bonchev–Trinajstić information content (AvgIpc) is 2.80. The van der Waals surface area contributed by atoms with Gasteiger partial charge in [-0.05, 0) is 62.9 Å². The first kappa shape index (κ1) is 24.7. The molecule has 1 atom stereocenters. The summed E-state index contributed by atoms with van der Waals surface area (Å²) in [7, 11) is 0. The van der Waals surface area contributed by atoms with Gasteiger partial charge >= 0.3 is 6.09 Å². The molecule has 0 aliphatic heterocycles. The average molecular weight is 538 g/mol. The Labute approximate surface area is 212 Å². The molecule has 0 radical (unpaired) electrons. The van der Waals surface area contributed by atoms with E-state index in [2.05, 4.69) is 36.2 Å². The molecule has 35 heavy (non-hydrogen) atoms. The van der Waals surface area contributed by atoms with Crippen LogP contribution in [0.1, 0.15) is 34.1 Å². The van der Waals surface area contributed by atoms with Gasteiger partial charge in [-0.3, -0.25) is 9.97 Å². The van der Waals surface area contributed by atoms with Crippen LogP contribution in [0.3, 0.4) is 0 Å². The lowest BCUT2D eigenvalue weighted by Crippen LogP contribution is -2.41. The molecule has 1 amide bonds. The van der Waals surface area contributed by atoms with Crippen LogP contribution in [0.15, 0.2) is 53.4 Å². The number of hydrogen-bond donors (Lipinski definition) is 2. The van der Waals surface area contributed by atoms with Crippen LogP contribution in [-0.2, 0) is 4.74 Å². The van der Waals surface area contributed by atoms with Crippen molar-refractivity contribution >= 4 is 49.5 Å². The van der Waals surface area contributed by atoms with E-state index in [9.17, 15) is 4.79 Å². The number of nitrogens with zero attached hydrogens (tertiary/aromatic N) is 3. The highest BCUT2D eigenvalue weighted by Gasteiger charge is 2.19. The molecule has 0 bridgehead atoms. The molecule has 1 aromatic carbocycles. The molecule has 0 saturated carbocycles. The van der Waals surface area contributed by atoms with Crippen molar-refractivity contribution in [3.63, 3.8) is 0 Å². The van der Waals surface area contributed by atoms with Crippen LogP contribution < -0.4 is 15.8 Å². The first-order valence-corrected chi connectivity index (χ1v) is 12.1. The normalized spacial score (nSPS) is 12.5. The second-order valence-electron chi connectivity index (χ2n) is 9.25. The molecular formula is C26H28BrN5O3. The van der Waals surface area contributed by atoms with Gasteiger partial charge in [0.05, 0.1) is 23.4 Å². The number of carbonyl (C=O) groups excluding carboxylic acids is 1.